The minimum Gasteiger partial charge on any atom is -0.444 e. The summed E-state index contributed by atoms with van der Waals surface area (Å²) in [6.45, 7) is 5.36. The number of hydrogen-bond acceptors (Lipinski definition) is 4. The second-order valence-electron chi connectivity index (χ2n) is 5.90. The number of alkyl carbamates (subject to hydrolysis) is 1. The molecule has 0 aliphatic carbocycles. The maximum absolute atomic E-state index is 12.4. The molecule has 1 heterocycles. The van der Waals surface area contributed by atoms with Crippen LogP contribution in [-0.2, 0) is 17.3 Å². The fourth-order valence-electron chi connectivity index (χ4n) is 1.62. The quantitative estimate of drug-likeness (QED) is 0.894. The Morgan fingerprint density at radius 2 is 2.00 bits per heavy atom. The summed E-state index contributed by atoms with van der Waals surface area (Å²) >= 11 is 0. The number of pyridine rings is 1. The van der Waals surface area contributed by atoms with Gasteiger partial charge in [0.25, 0.3) is 0 Å². The van der Waals surface area contributed by atoms with E-state index in [-0.39, 0.29) is 6.54 Å². The van der Waals surface area contributed by atoms with Crippen molar-refractivity contribution in [1.29, 1.82) is 0 Å². The molecule has 0 radical (unpaired) electrons. The first-order chi connectivity index (χ1) is 9.97. The molecular formula is C14H20F3N3O2. The third-order valence-corrected chi connectivity index (χ3v) is 2.52. The number of nitrogens with two attached hydrogens (primary N) is 1. The van der Waals surface area contributed by atoms with Gasteiger partial charge in [0.2, 0.25) is 0 Å². The average molecular weight is 319 g/mol. The Hall–Kier alpha value is -1.83. The van der Waals surface area contributed by atoms with Gasteiger partial charge in [0, 0.05) is 18.8 Å². The fourth-order valence-corrected chi connectivity index (χ4v) is 1.62. The Labute approximate surface area is 127 Å². The molecule has 1 aromatic heterocycles. The Balaban J connectivity index is 2.45. The van der Waals surface area contributed by atoms with E-state index in [1.165, 1.54) is 6.07 Å². The topological polar surface area (TPSA) is 77.2 Å². The van der Waals surface area contributed by atoms with Crippen LogP contribution in [0.25, 0.3) is 0 Å². The normalized spacial score (nSPS) is 13.6. The van der Waals surface area contributed by atoms with Crippen LogP contribution in [-0.4, -0.2) is 29.3 Å². The third kappa shape index (κ3) is 6.75. The number of aromatic nitrogens is 1. The van der Waals surface area contributed by atoms with E-state index in [2.05, 4.69) is 10.3 Å². The SMILES string of the molecule is CC(C)(C)OC(=O)NCC(N)Cc1ccc(C(F)(F)F)nc1. The second-order valence-corrected chi connectivity index (χ2v) is 5.90. The smallest absolute Gasteiger partial charge is 0.433 e. The van der Waals surface area contributed by atoms with Gasteiger partial charge in [-0.05, 0) is 38.8 Å². The van der Waals surface area contributed by atoms with Crippen molar-refractivity contribution in [2.24, 2.45) is 5.73 Å². The van der Waals surface area contributed by atoms with Crippen molar-refractivity contribution in [2.45, 2.75) is 45.0 Å². The molecule has 1 unspecified atom stereocenters. The summed E-state index contributed by atoms with van der Waals surface area (Å²) in [5, 5.41) is 2.51. The van der Waals surface area contributed by atoms with Gasteiger partial charge in [-0.2, -0.15) is 13.2 Å². The van der Waals surface area contributed by atoms with Crippen molar-refractivity contribution in [1.82, 2.24) is 10.3 Å². The van der Waals surface area contributed by atoms with Crippen LogP contribution >= 0.6 is 0 Å². The molecular weight excluding hydrogens is 299 g/mol. The first-order valence-corrected chi connectivity index (χ1v) is 6.72. The van der Waals surface area contributed by atoms with Crippen LogP contribution in [0.4, 0.5) is 18.0 Å². The number of halogens is 3. The lowest BCUT2D eigenvalue weighted by atomic mass is 10.1. The summed E-state index contributed by atoms with van der Waals surface area (Å²) in [7, 11) is 0. The van der Waals surface area contributed by atoms with Crippen LogP contribution < -0.4 is 11.1 Å². The molecule has 0 aromatic carbocycles. The molecule has 0 aliphatic heterocycles. The molecule has 0 spiro atoms. The highest BCUT2D eigenvalue weighted by Crippen LogP contribution is 2.27. The minimum atomic E-state index is -4.46. The van der Waals surface area contributed by atoms with Gasteiger partial charge in [0.1, 0.15) is 11.3 Å². The fraction of sp³-hybridized carbons (Fsp3) is 0.571. The van der Waals surface area contributed by atoms with E-state index in [1.54, 1.807) is 20.8 Å². The molecule has 0 saturated heterocycles. The van der Waals surface area contributed by atoms with Crippen LogP contribution in [0.3, 0.4) is 0 Å². The van der Waals surface area contributed by atoms with Gasteiger partial charge < -0.3 is 15.8 Å². The van der Waals surface area contributed by atoms with E-state index in [0.29, 0.717) is 12.0 Å². The molecule has 8 heteroatoms. The molecule has 1 aromatic rings. The Morgan fingerprint density at radius 3 is 2.45 bits per heavy atom. The number of alkyl halides is 3. The highest BCUT2D eigenvalue weighted by molar-refractivity contribution is 5.67. The van der Waals surface area contributed by atoms with E-state index >= 15 is 0 Å². The van der Waals surface area contributed by atoms with Gasteiger partial charge in [0.15, 0.2) is 0 Å². The van der Waals surface area contributed by atoms with Gasteiger partial charge >= 0.3 is 12.3 Å². The molecule has 1 atom stereocenters. The van der Waals surface area contributed by atoms with Crippen molar-refractivity contribution in [3.05, 3.63) is 29.6 Å². The Morgan fingerprint density at radius 1 is 1.36 bits per heavy atom. The van der Waals surface area contributed by atoms with E-state index < -0.39 is 29.6 Å². The summed E-state index contributed by atoms with van der Waals surface area (Å²) in [6.07, 6.45) is -3.62. The van der Waals surface area contributed by atoms with Crippen molar-refractivity contribution in [2.75, 3.05) is 6.54 Å². The summed E-state index contributed by atoms with van der Waals surface area (Å²) < 4.78 is 42.2. The van der Waals surface area contributed by atoms with Crippen molar-refractivity contribution in [3.8, 4) is 0 Å². The number of carbonyl (C=O) groups is 1. The lowest BCUT2D eigenvalue weighted by Gasteiger charge is -2.20. The largest absolute Gasteiger partial charge is 0.444 e. The molecule has 22 heavy (non-hydrogen) atoms. The molecule has 1 rings (SSSR count). The van der Waals surface area contributed by atoms with Gasteiger partial charge in [-0.25, -0.2) is 4.79 Å². The lowest BCUT2D eigenvalue weighted by molar-refractivity contribution is -0.141. The van der Waals surface area contributed by atoms with E-state index in [4.69, 9.17) is 10.5 Å². The summed E-state index contributed by atoms with van der Waals surface area (Å²) in [6, 6.07) is 1.78. The predicted molar refractivity (Wildman–Crippen MR) is 75.2 cm³/mol. The Bertz CT molecular complexity index is 496. The standard InChI is InChI=1S/C14H20F3N3O2/c1-13(2,3)22-12(21)20-8-10(18)6-9-4-5-11(19-7-9)14(15,16)17/h4-5,7,10H,6,8,18H2,1-3H3,(H,20,21). The molecule has 0 fully saturated rings. The highest BCUT2D eigenvalue weighted by Gasteiger charge is 2.32. The van der Waals surface area contributed by atoms with Crippen LogP contribution in [0.1, 0.15) is 32.0 Å². The van der Waals surface area contributed by atoms with Crippen LogP contribution in [0, 0.1) is 0 Å². The number of amides is 1. The number of ether oxygens (including phenoxy) is 1. The minimum absolute atomic E-state index is 0.149. The number of rotatable bonds is 4. The predicted octanol–water partition coefficient (Wildman–Crippen LogP) is 2.49. The van der Waals surface area contributed by atoms with Gasteiger partial charge in [-0.3, -0.25) is 4.98 Å². The maximum atomic E-state index is 12.4. The highest BCUT2D eigenvalue weighted by atomic mass is 19.4. The molecule has 5 nitrogen and oxygen atoms in total. The van der Waals surface area contributed by atoms with E-state index in [0.717, 1.165) is 12.3 Å². The molecule has 3 N–H and O–H groups in total. The van der Waals surface area contributed by atoms with E-state index in [1.807, 2.05) is 0 Å². The second kappa shape index (κ2) is 6.95. The Kier molecular flexibility index (Phi) is 5.76. The van der Waals surface area contributed by atoms with Gasteiger partial charge in [-0.15, -0.1) is 0 Å². The van der Waals surface area contributed by atoms with Gasteiger partial charge in [-0.1, -0.05) is 6.07 Å². The van der Waals surface area contributed by atoms with E-state index in [9.17, 15) is 18.0 Å². The first-order valence-electron chi connectivity index (χ1n) is 6.72. The van der Waals surface area contributed by atoms with Crippen LogP contribution in [0.2, 0.25) is 0 Å². The average Bonchev–Trinajstić information content (AvgIpc) is 2.34. The zero-order valence-electron chi connectivity index (χ0n) is 12.7. The summed E-state index contributed by atoms with van der Waals surface area (Å²) in [4.78, 5) is 14.8. The molecule has 0 saturated carbocycles. The van der Waals surface area contributed by atoms with Crippen molar-refractivity contribution >= 4 is 6.09 Å². The van der Waals surface area contributed by atoms with Crippen LogP contribution in [0.15, 0.2) is 18.3 Å². The van der Waals surface area contributed by atoms with Crippen molar-refractivity contribution in [3.63, 3.8) is 0 Å². The molecule has 1 amide bonds. The molecule has 0 aliphatic rings. The number of nitrogens with zero attached hydrogens (tertiary/aromatic N) is 1. The first kappa shape index (κ1) is 18.2. The van der Waals surface area contributed by atoms with Gasteiger partial charge in [0.05, 0.1) is 0 Å². The maximum Gasteiger partial charge on any atom is 0.433 e. The number of hydrogen-bond donors (Lipinski definition) is 2. The monoisotopic (exact) mass is 319 g/mol. The zero-order chi connectivity index (χ0) is 17.0. The molecule has 0 bridgehead atoms. The summed E-state index contributed by atoms with van der Waals surface area (Å²) in [5.41, 5.74) is 4.83. The molecule has 124 valence electrons. The lowest BCUT2D eigenvalue weighted by Crippen LogP contribution is -2.41. The number of nitrogens with one attached hydrogen (secondary N) is 1. The number of carbonyl (C=O) groups excluding carboxylic acids is 1. The zero-order valence-corrected chi connectivity index (χ0v) is 12.7. The summed E-state index contributed by atoms with van der Waals surface area (Å²) in [5.74, 6) is 0. The van der Waals surface area contributed by atoms with Crippen molar-refractivity contribution < 1.29 is 22.7 Å². The third-order valence-electron chi connectivity index (χ3n) is 2.52. The van der Waals surface area contributed by atoms with Crippen LogP contribution in [0.5, 0.6) is 0 Å².